The minimum atomic E-state index is -4.39. The summed E-state index contributed by atoms with van der Waals surface area (Å²) < 4.78 is 37.8. The Balaban J connectivity index is 1.42. The first-order chi connectivity index (χ1) is 14.3. The van der Waals surface area contributed by atoms with Crippen LogP contribution in [0.5, 0.6) is 0 Å². The number of benzene rings is 2. The molecule has 6 nitrogen and oxygen atoms in total. The third-order valence-electron chi connectivity index (χ3n) is 4.58. The van der Waals surface area contributed by atoms with Crippen LogP contribution >= 0.6 is 11.8 Å². The van der Waals surface area contributed by atoms with Crippen molar-refractivity contribution in [2.45, 2.75) is 30.9 Å². The van der Waals surface area contributed by atoms with Gasteiger partial charge in [-0.3, -0.25) is 0 Å². The first-order valence-electron chi connectivity index (χ1n) is 9.23. The van der Waals surface area contributed by atoms with E-state index in [1.807, 2.05) is 12.1 Å². The lowest BCUT2D eigenvalue weighted by atomic mass is 10.1. The van der Waals surface area contributed by atoms with Gasteiger partial charge in [-0.05, 0) is 48.4 Å². The predicted molar refractivity (Wildman–Crippen MR) is 110 cm³/mol. The number of fused-ring (bicyclic) bond motifs is 3. The summed E-state index contributed by atoms with van der Waals surface area (Å²) >= 11 is 1.19. The Hall–Kier alpha value is -2.85. The van der Waals surface area contributed by atoms with Crippen molar-refractivity contribution in [3.05, 3.63) is 53.6 Å². The molecule has 0 saturated carbocycles. The number of aliphatic hydroxyl groups excluding tert-OH is 1. The summed E-state index contributed by atoms with van der Waals surface area (Å²) in [6.45, 7) is 2.08. The van der Waals surface area contributed by atoms with Crippen LogP contribution in [0.3, 0.4) is 0 Å². The lowest BCUT2D eigenvalue weighted by Gasteiger charge is -2.14. The van der Waals surface area contributed by atoms with Crippen LogP contribution in [0.2, 0.25) is 0 Å². The van der Waals surface area contributed by atoms with Gasteiger partial charge in [0.15, 0.2) is 5.65 Å². The number of halogens is 3. The number of alkyl halides is 3. The van der Waals surface area contributed by atoms with Crippen molar-refractivity contribution in [1.82, 2.24) is 20.2 Å². The van der Waals surface area contributed by atoms with Crippen molar-refractivity contribution >= 4 is 39.5 Å². The molecule has 2 heterocycles. The molecular formula is C20H18F3N5OS. The zero-order valence-corrected chi connectivity index (χ0v) is 16.7. The minimum absolute atomic E-state index is 0.189. The van der Waals surface area contributed by atoms with E-state index in [1.165, 1.54) is 29.5 Å². The van der Waals surface area contributed by atoms with E-state index < -0.39 is 18.0 Å². The van der Waals surface area contributed by atoms with Crippen LogP contribution in [0, 0.1) is 0 Å². The Kier molecular flexibility index (Phi) is 5.52. The van der Waals surface area contributed by atoms with Crippen molar-refractivity contribution in [1.29, 1.82) is 0 Å². The van der Waals surface area contributed by atoms with E-state index in [2.05, 4.69) is 38.5 Å². The molecular weight excluding hydrogens is 415 g/mol. The number of hydrogen-bond acceptors (Lipinski definition) is 6. The SMILES string of the molecule is CCc1ccc2[nH]c3nc(SCC(O)Nc4ccc(C(F)(F)F)cc4)nnc3c2c1. The zero-order chi connectivity index (χ0) is 21.3. The number of rotatable bonds is 6. The highest BCUT2D eigenvalue weighted by Gasteiger charge is 2.30. The van der Waals surface area contributed by atoms with Crippen LogP contribution in [0.25, 0.3) is 22.1 Å². The molecule has 0 bridgehead atoms. The number of aromatic nitrogens is 4. The average molecular weight is 433 g/mol. The van der Waals surface area contributed by atoms with Gasteiger partial charge in [0.1, 0.15) is 11.7 Å². The first-order valence-corrected chi connectivity index (χ1v) is 10.2. The van der Waals surface area contributed by atoms with Gasteiger partial charge in [0, 0.05) is 22.3 Å². The molecule has 0 aliphatic rings. The molecule has 10 heteroatoms. The molecule has 30 heavy (non-hydrogen) atoms. The fourth-order valence-electron chi connectivity index (χ4n) is 3.03. The molecule has 3 N–H and O–H groups in total. The molecule has 0 saturated heterocycles. The molecule has 0 amide bonds. The van der Waals surface area contributed by atoms with Gasteiger partial charge in [0.25, 0.3) is 0 Å². The number of aromatic amines is 1. The lowest BCUT2D eigenvalue weighted by molar-refractivity contribution is -0.137. The van der Waals surface area contributed by atoms with Gasteiger partial charge >= 0.3 is 6.18 Å². The van der Waals surface area contributed by atoms with Gasteiger partial charge in [0.05, 0.1) is 5.56 Å². The molecule has 2 aromatic heterocycles. The van der Waals surface area contributed by atoms with E-state index in [-0.39, 0.29) is 5.75 Å². The molecule has 0 aliphatic heterocycles. The quantitative estimate of drug-likeness (QED) is 0.304. The molecule has 0 spiro atoms. The van der Waals surface area contributed by atoms with E-state index in [0.717, 1.165) is 29.5 Å². The molecule has 0 aliphatic carbocycles. The van der Waals surface area contributed by atoms with Gasteiger partial charge in [-0.15, -0.1) is 10.2 Å². The van der Waals surface area contributed by atoms with E-state index in [9.17, 15) is 18.3 Å². The standard InChI is InChI=1S/C20H18F3N5OS/c1-2-11-3-8-15-14(9-11)17-18(25-15)26-19(28-27-17)30-10-16(29)24-13-6-4-12(5-7-13)20(21,22)23/h3-9,16,24,29H,2,10H2,1H3,(H,25,26,28). The molecule has 0 radical (unpaired) electrons. The second-order valence-corrected chi connectivity index (χ2v) is 7.68. The maximum atomic E-state index is 12.6. The summed E-state index contributed by atoms with van der Waals surface area (Å²) in [5, 5.41) is 22.6. The van der Waals surface area contributed by atoms with E-state index in [1.54, 1.807) is 0 Å². The minimum Gasteiger partial charge on any atom is -0.373 e. The number of nitrogens with zero attached hydrogens (tertiary/aromatic N) is 3. The number of H-pyrrole nitrogens is 1. The predicted octanol–water partition coefficient (Wildman–Crippen LogP) is 4.61. The van der Waals surface area contributed by atoms with Crippen molar-refractivity contribution in [3.63, 3.8) is 0 Å². The van der Waals surface area contributed by atoms with Gasteiger partial charge in [-0.2, -0.15) is 13.2 Å². The zero-order valence-electron chi connectivity index (χ0n) is 15.9. The smallest absolute Gasteiger partial charge is 0.373 e. The number of hydrogen-bond donors (Lipinski definition) is 3. The molecule has 0 fully saturated rings. The third kappa shape index (κ3) is 4.34. The maximum Gasteiger partial charge on any atom is 0.416 e. The normalized spacial score (nSPS) is 13.1. The summed E-state index contributed by atoms with van der Waals surface area (Å²) in [5.74, 6) is 0.189. The summed E-state index contributed by atoms with van der Waals surface area (Å²) in [6, 6.07) is 10.6. The van der Waals surface area contributed by atoms with Crippen molar-refractivity contribution in [2.24, 2.45) is 0 Å². The Morgan fingerprint density at radius 3 is 2.60 bits per heavy atom. The van der Waals surface area contributed by atoms with Crippen molar-refractivity contribution in [3.8, 4) is 0 Å². The fourth-order valence-corrected chi connectivity index (χ4v) is 3.67. The van der Waals surface area contributed by atoms with Crippen LogP contribution in [0.15, 0.2) is 47.6 Å². The number of anilines is 1. The monoisotopic (exact) mass is 433 g/mol. The third-order valence-corrected chi connectivity index (χ3v) is 5.50. The Bertz CT molecular complexity index is 1180. The molecule has 1 unspecified atom stereocenters. The van der Waals surface area contributed by atoms with Crippen molar-refractivity contribution in [2.75, 3.05) is 11.1 Å². The molecule has 4 aromatic rings. The highest BCUT2D eigenvalue weighted by atomic mass is 32.2. The van der Waals surface area contributed by atoms with E-state index in [4.69, 9.17) is 0 Å². The Morgan fingerprint density at radius 2 is 1.90 bits per heavy atom. The van der Waals surface area contributed by atoms with Gasteiger partial charge in [-0.25, -0.2) is 4.98 Å². The Morgan fingerprint density at radius 1 is 1.13 bits per heavy atom. The maximum absolute atomic E-state index is 12.6. The van der Waals surface area contributed by atoms with Crippen LogP contribution in [0.4, 0.5) is 18.9 Å². The van der Waals surface area contributed by atoms with Crippen LogP contribution in [0.1, 0.15) is 18.1 Å². The largest absolute Gasteiger partial charge is 0.416 e. The molecule has 156 valence electrons. The van der Waals surface area contributed by atoms with E-state index >= 15 is 0 Å². The molecule has 1 atom stereocenters. The second-order valence-electron chi connectivity index (χ2n) is 6.70. The first kappa shape index (κ1) is 20.4. The van der Waals surface area contributed by atoms with Crippen molar-refractivity contribution < 1.29 is 18.3 Å². The topological polar surface area (TPSA) is 86.7 Å². The summed E-state index contributed by atoms with van der Waals surface area (Å²) in [5.41, 5.74) is 3.06. The van der Waals surface area contributed by atoms with Crippen LogP contribution < -0.4 is 5.32 Å². The highest BCUT2D eigenvalue weighted by Crippen LogP contribution is 2.30. The highest BCUT2D eigenvalue weighted by molar-refractivity contribution is 7.99. The molecule has 2 aromatic carbocycles. The number of nitrogens with one attached hydrogen (secondary N) is 2. The summed E-state index contributed by atoms with van der Waals surface area (Å²) in [7, 11) is 0. The number of thioether (sulfide) groups is 1. The van der Waals surface area contributed by atoms with Gasteiger partial charge in [-0.1, -0.05) is 24.8 Å². The van der Waals surface area contributed by atoms with Gasteiger partial charge < -0.3 is 15.4 Å². The Labute approximate surface area is 173 Å². The van der Waals surface area contributed by atoms with E-state index in [0.29, 0.717) is 22.0 Å². The fraction of sp³-hybridized carbons (Fsp3) is 0.250. The van der Waals surface area contributed by atoms with Gasteiger partial charge in [0.2, 0.25) is 5.16 Å². The van der Waals surface area contributed by atoms with Crippen LogP contribution in [-0.4, -0.2) is 37.3 Å². The summed E-state index contributed by atoms with van der Waals surface area (Å²) in [4.78, 5) is 7.67. The number of aliphatic hydroxyl groups is 1. The van der Waals surface area contributed by atoms with Crippen LogP contribution in [-0.2, 0) is 12.6 Å². The summed E-state index contributed by atoms with van der Waals surface area (Å²) in [6.07, 6.45) is -4.47. The second kappa shape index (κ2) is 8.11. The average Bonchev–Trinajstić information content (AvgIpc) is 3.09. The number of aryl methyl sites for hydroxylation is 1. The lowest BCUT2D eigenvalue weighted by Crippen LogP contribution is -2.21. The molecule has 4 rings (SSSR count).